The van der Waals surface area contributed by atoms with E-state index in [9.17, 15) is 4.79 Å². The van der Waals surface area contributed by atoms with E-state index in [0.717, 1.165) is 10.7 Å². The summed E-state index contributed by atoms with van der Waals surface area (Å²) in [5.74, 6) is -0.560. The second-order valence-corrected chi connectivity index (χ2v) is 5.53. The Labute approximate surface area is 119 Å². The first-order chi connectivity index (χ1) is 8.88. The summed E-state index contributed by atoms with van der Waals surface area (Å²) in [7, 11) is 1.82. The number of primary amides is 1. The Hall–Kier alpha value is -1.66. The van der Waals surface area contributed by atoms with Crippen LogP contribution in [0.5, 0.6) is 0 Å². The van der Waals surface area contributed by atoms with Gasteiger partial charge in [-0.25, -0.2) is 0 Å². The molecule has 0 atom stereocenters. The zero-order chi connectivity index (χ0) is 14.2. The van der Waals surface area contributed by atoms with E-state index < -0.39 is 5.91 Å². The van der Waals surface area contributed by atoms with Crippen LogP contribution in [0.3, 0.4) is 0 Å². The molecule has 0 radical (unpaired) electrons. The zero-order valence-electron chi connectivity index (χ0n) is 10.5. The highest BCUT2D eigenvalue weighted by Gasteiger charge is 2.16. The SMILES string of the molecule is Cc1cc(Sc2c(Cl)cc(N)cc2C(N)=O)n(C)n1. The Morgan fingerprint density at radius 2 is 2.11 bits per heavy atom. The van der Waals surface area contributed by atoms with Gasteiger partial charge in [0.1, 0.15) is 0 Å². The standard InChI is InChI=1S/C12H13ClN4OS/c1-6-3-10(17(2)16-6)19-11-8(12(15)18)4-7(14)5-9(11)13/h3-5H,14H2,1-2H3,(H2,15,18). The van der Waals surface area contributed by atoms with Crippen LogP contribution >= 0.6 is 23.4 Å². The molecule has 5 nitrogen and oxygen atoms in total. The molecule has 4 N–H and O–H groups in total. The number of nitrogens with zero attached hydrogens (tertiary/aromatic N) is 2. The van der Waals surface area contributed by atoms with Crippen molar-refractivity contribution in [1.82, 2.24) is 9.78 Å². The van der Waals surface area contributed by atoms with Gasteiger partial charge in [0, 0.05) is 17.6 Å². The van der Waals surface area contributed by atoms with Gasteiger partial charge in [0.15, 0.2) is 0 Å². The first-order valence-electron chi connectivity index (χ1n) is 5.46. The predicted octanol–water partition coefficient (Wildman–Crippen LogP) is 2.21. The fourth-order valence-corrected chi connectivity index (χ4v) is 3.07. The van der Waals surface area contributed by atoms with Crippen molar-refractivity contribution in [2.75, 3.05) is 5.73 Å². The van der Waals surface area contributed by atoms with Crippen LogP contribution in [0, 0.1) is 6.92 Å². The summed E-state index contributed by atoms with van der Waals surface area (Å²) in [6, 6.07) is 5.03. The van der Waals surface area contributed by atoms with E-state index in [4.69, 9.17) is 23.1 Å². The fourth-order valence-electron chi connectivity index (χ4n) is 1.69. The molecule has 0 fully saturated rings. The van der Waals surface area contributed by atoms with Gasteiger partial charge in [-0.05, 0) is 25.1 Å². The van der Waals surface area contributed by atoms with E-state index in [0.29, 0.717) is 21.2 Å². The van der Waals surface area contributed by atoms with Gasteiger partial charge in [0.25, 0.3) is 0 Å². The van der Waals surface area contributed by atoms with Gasteiger partial charge in [0.05, 0.1) is 21.3 Å². The van der Waals surface area contributed by atoms with Crippen molar-refractivity contribution in [3.8, 4) is 0 Å². The Morgan fingerprint density at radius 3 is 2.63 bits per heavy atom. The number of aromatic nitrogens is 2. The van der Waals surface area contributed by atoms with E-state index >= 15 is 0 Å². The Morgan fingerprint density at radius 1 is 1.42 bits per heavy atom. The molecule has 0 saturated carbocycles. The van der Waals surface area contributed by atoms with Crippen molar-refractivity contribution in [2.45, 2.75) is 16.8 Å². The average molecular weight is 297 g/mol. The zero-order valence-corrected chi connectivity index (χ0v) is 12.0. The summed E-state index contributed by atoms with van der Waals surface area (Å²) >= 11 is 7.49. The molecule has 2 aromatic rings. The second kappa shape index (κ2) is 5.14. The minimum Gasteiger partial charge on any atom is -0.399 e. The number of hydrogen-bond acceptors (Lipinski definition) is 4. The lowest BCUT2D eigenvalue weighted by Gasteiger charge is -2.10. The summed E-state index contributed by atoms with van der Waals surface area (Å²) < 4.78 is 1.72. The Balaban J connectivity index is 2.50. The highest BCUT2D eigenvalue weighted by Crippen LogP contribution is 2.37. The average Bonchev–Trinajstić information content (AvgIpc) is 2.60. The van der Waals surface area contributed by atoms with Crippen molar-refractivity contribution in [1.29, 1.82) is 0 Å². The molecule has 1 aromatic carbocycles. The summed E-state index contributed by atoms with van der Waals surface area (Å²) in [4.78, 5) is 12.1. The molecule has 0 unspecified atom stereocenters. The van der Waals surface area contributed by atoms with E-state index in [1.165, 1.54) is 17.8 Å². The van der Waals surface area contributed by atoms with Crippen LogP contribution in [0.2, 0.25) is 5.02 Å². The first-order valence-corrected chi connectivity index (χ1v) is 6.65. The van der Waals surface area contributed by atoms with Gasteiger partial charge in [-0.15, -0.1) is 0 Å². The summed E-state index contributed by atoms with van der Waals surface area (Å²) in [5.41, 5.74) is 12.6. The largest absolute Gasteiger partial charge is 0.399 e. The molecule has 0 aliphatic rings. The predicted molar refractivity (Wildman–Crippen MR) is 76.5 cm³/mol. The lowest BCUT2D eigenvalue weighted by Crippen LogP contribution is -2.13. The minimum absolute atomic E-state index is 0.314. The van der Waals surface area contributed by atoms with Crippen molar-refractivity contribution < 1.29 is 4.79 Å². The third kappa shape index (κ3) is 2.85. The quantitative estimate of drug-likeness (QED) is 0.850. The molecule has 1 amide bonds. The Kier molecular flexibility index (Phi) is 3.73. The summed E-state index contributed by atoms with van der Waals surface area (Å²) in [6.45, 7) is 1.89. The number of nitrogen functional groups attached to an aromatic ring is 1. The smallest absolute Gasteiger partial charge is 0.249 e. The molecule has 19 heavy (non-hydrogen) atoms. The van der Waals surface area contributed by atoms with Crippen molar-refractivity contribution in [3.63, 3.8) is 0 Å². The third-order valence-corrected chi connectivity index (χ3v) is 4.14. The molecule has 100 valence electrons. The molecule has 0 aliphatic carbocycles. The van der Waals surface area contributed by atoms with Crippen LogP contribution in [0.15, 0.2) is 28.1 Å². The molecular formula is C12H13ClN4OS. The number of anilines is 1. The van der Waals surface area contributed by atoms with E-state index in [1.54, 1.807) is 10.7 Å². The summed E-state index contributed by atoms with van der Waals surface area (Å²) in [6.07, 6.45) is 0. The maximum absolute atomic E-state index is 11.5. The second-order valence-electron chi connectivity index (χ2n) is 4.09. The lowest BCUT2D eigenvalue weighted by molar-refractivity contribution is 0.0997. The maximum atomic E-state index is 11.5. The normalized spacial score (nSPS) is 10.7. The number of aryl methyl sites for hydroxylation is 2. The number of amides is 1. The lowest BCUT2D eigenvalue weighted by atomic mass is 10.2. The molecule has 0 saturated heterocycles. The van der Waals surface area contributed by atoms with Crippen LogP contribution in [0.1, 0.15) is 16.1 Å². The molecule has 1 heterocycles. The fraction of sp³-hybridized carbons (Fsp3) is 0.167. The first kappa shape index (κ1) is 13.8. The molecular weight excluding hydrogens is 284 g/mol. The van der Waals surface area contributed by atoms with E-state index in [-0.39, 0.29) is 0 Å². The van der Waals surface area contributed by atoms with Crippen LogP contribution in [-0.2, 0) is 7.05 Å². The number of carbonyl (C=O) groups excluding carboxylic acids is 1. The topological polar surface area (TPSA) is 86.9 Å². The monoisotopic (exact) mass is 296 g/mol. The highest BCUT2D eigenvalue weighted by atomic mass is 35.5. The molecule has 1 aromatic heterocycles. The van der Waals surface area contributed by atoms with Gasteiger partial charge in [-0.3, -0.25) is 9.48 Å². The van der Waals surface area contributed by atoms with Gasteiger partial charge >= 0.3 is 0 Å². The number of nitrogens with two attached hydrogens (primary N) is 2. The van der Waals surface area contributed by atoms with Gasteiger partial charge in [-0.1, -0.05) is 23.4 Å². The van der Waals surface area contributed by atoms with Gasteiger partial charge in [0.2, 0.25) is 5.91 Å². The molecule has 0 spiro atoms. The highest BCUT2D eigenvalue weighted by molar-refractivity contribution is 7.99. The minimum atomic E-state index is -0.560. The number of rotatable bonds is 3. The van der Waals surface area contributed by atoms with Crippen molar-refractivity contribution in [2.24, 2.45) is 12.8 Å². The Bertz CT molecular complexity index is 653. The van der Waals surface area contributed by atoms with Crippen molar-refractivity contribution >= 4 is 35.0 Å². The molecule has 7 heteroatoms. The van der Waals surface area contributed by atoms with Gasteiger partial charge < -0.3 is 11.5 Å². The van der Waals surface area contributed by atoms with Gasteiger partial charge in [-0.2, -0.15) is 5.10 Å². The third-order valence-electron chi connectivity index (χ3n) is 2.50. The van der Waals surface area contributed by atoms with E-state index in [2.05, 4.69) is 5.10 Å². The number of benzene rings is 1. The van der Waals surface area contributed by atoms with Crippen LogP contribution in [0.4, 0.5) is 5.69 Å². The van der Waals surface area contributed by atoms with Crippen LogP contribution < -0.4 is 11.5 Å². The molecule has 0 bridgehead atoms. The van der Waals surface area contributed by atoms with Crippen LogP contribution in [0.25, 0.3) is 0 Å². The molecule has 2 rings (SSSR count). The van der Waals surface area contributed by atoms with Crippen LogP contribution in [-0.4, -0.2) is 15.7 Å². The number of halogens is 1. The number of carbonyl (C=O) groups is 1. The van der Waals surface area contributed by atoms with E-state index in [1.807, 2.05) is 20.0 Å². The number of hydrogen-bond donors (Lipinski definition) is 2. The summed E-state index contributed by atoms with van der Waals surface area (Å²) in [5, 5.41) is 5.51. The molecule has 0 aliphatic heterocycles. The maximum Gasteiger partial charge on any atom is 0.249 e. The van der Waals surface area contributed by atoms with Crippen molar-refractivity contribution in [3.05, 3.63) is 34.5 Å².